The molecule has 1 aromatic rings. The number of aryl methyl sites for hydroxylation is 1. The lowest BCUT2D eigenvalue weighted by Gasteiger charge is -2.31. The molecule has 102 valence electrons. The van der Waals surface area contributed by atoms with Gasteiger partial charge in [0.05, 0.1) is 5.69 Å². The highest BCUT2D eigenvalue weighted by molar-refractivity contribution is 5.97. The minimum atomic E-state index is -0.176. The minimum absolute atomic E-state index is 0.153. The van der Waals surface area contributed by atoms with Crippen molar-refractivity contribution in [3.63, 3.8) is 0 Å². The molecule has 0 spiro atoms. The summed E-state index contributed by atoms with van der Waals surface area (Å²) in [6, 6.07) is 0. The smallest absolute Gasteiger partial charge is 0.274 e. The number of amides is 1. The van der Waals surface area contributed by atoms with Gasteiger partial charge in [-0.15, -0.1) is 0 Å². The second kappa shape index (κ2) is 5.89. The number of anilines is 1. The number of nitrogen functional groups attached to an aromatic ring is 1. The van der Waals surface area contributed by atoms with E-state index in [-0.39, 0.29) is 11.4 Å². The highest BCUT2D eigenvalue weighted by atomic mass is 16.2. The predicted molar refractivity (Wildman–Crippen MR) is 73.4 cm³/mol. The third-order valence-corrected chi connectivity index (χ3v) is 3.74. The van der Waals surface area contributed by atoms with Gasteiger partial charge in [-0.1, -0.05) is 20.8 Å². The highest BCUT2D eigenvalue weighted by Gasteiger charge is 2.28. The molecule has 0 fully saturated rings. The average Bonchev–Trinajstić information content (AvgIpc) is 2.77. The second-order valence-electron chi connectivity index (χ2n) is 4.58. The summed E-state index contributed by atoms with van der Waals surface area (Å²) in [5.41, 5.74) is 6.43. The Balaban J connectivity index is 2.90. The number of carbonyl (C=O) groups is 1. The lowest BCUT2D eigenvalue weighted by Crippen LogP contribution is -2.47. The number of rotatable bonds is 6. The third kappa shape index (κ3) is 2.83. The molecular formula is C13H24N4O. The van der Waals surface area contributed by atoms with Crippen molar-refractivity contribution < 1.29 is 4.79 Å². The van der Waals surface area contributed by atoms with Gasteiger partial charge in [-0.3, -0.25) is 9.48 Å². The Bertz CT molecular complexity index is 399. The predicted octanol–water partition coefficient (Wildman–Crippen LogP) is 2.18. The first-order valence-corrected chi connectivity index (χ1v) is 6.67. The number of nitrogens with two attached hydrogens (primary N) is 1. The van der Waals surface area contributed by atoms with Gasteiger partial charge in [0.1, 0.15) is 0 Å². The summed E-state index contributed by atoms with van der Waals surface area (Å²) in [6.45, 7) is 8.92. The SMILES string of the molecule is CCn1cc(N)c(C(=O)NC(CC)(CC)CC)n1. The van der Waals surface area contributed by atoms with Crippen molar-refractivity contribution in [1.29, 1.82) is 0 Å². The van der Waals surface area contributed by atoms with Gasteiger partial charge in [-0.25, -0.2) is 0 Å². The quantitative estimate of drug-likeness (QED) is 0.815. The number of nitrogens with one attached hydrogen (secondary N) is 1. The molecule has 1 aromatic heterocycles. The topological polar surface area (TPSA) is 72.9 Å². The first kappa shape index (κ1) is 14.5. The molecule has 0 aliphatic heterocycles. The lowest BCUT2D eigenvalue weighted by atomic mass is 9.89. The molecule has 5 heteroatoms. The van der Waals surface area contributed by atoms with Crippen LogP contribution in [-0.4, -0.2) is 21.2 Å². The van der Waals surface area contributed by atoms with Crippen molar-refractivity contribution in [1.82, 2.24) is 15.1 Å². The van der Waals surface area contributed by atoms with Gasteiger partial charge in [0, 0.05) is 18.3 Å². The summed E-state index contributed by atoms with van der Waals surface area (Å²) in [5.74, 6) is -0.176. The molecule has 0 saturated heterocycles. The van der Waals surface area contributed by atoms with Gasteiger partial charge >= 0.3 is 0 Å². The van der Waals surface area contributed by atoms with Gasteiger partial charge in [-0.2, -0.15) is 5.10 Å². The monoisotopic (exact) mass is 252 g/mol. The van der Waals surface area contributed by atoms with Crippen molar-refractivity contribution >= 4 is 11.6 Å². The van der Waals surface area contributed by atoms with E-state index >= 15 is 0 Å². The Hall–Kier alpha value is -1.52. The summed E-state index contributed by atoms with van der Waals surface area (Å²) in [7, 11) is 0. The van der Waals surface area contributed by atoms with Gasteiger partial charge in [-0.05, 0) is 26.2 Å². The molecule has 3 N–H and O–H groups in total. The Morgan fingerprint density at radius 3 is 2.28 bits per heavy atom. The molecule has 0 unspecified atom stereocenters. The van der Waals surface area contributed by atoms with Crippen LogP contribution in [0.1, 0.15) is 57.4 Å². The van der Waals surface area contributed by atoms with Gasteiger partial charge in [0.15, 0.2) is 5.69 Å². The summed E-state index contributed by atoms with van der Waals surface area (Å²) < 4.78 is 1.68. The molecule has 0 aromatic carbocycles. The van der Waals surface area contributed by atoms with Crippen LogP contribution in [0, 0.1) is 0 Å². The largest absolute Gasteiger partial charge is 0.396 e. The average molecular weight is 252 g/mol. The lowest BCUT2D eigenvalue weighted by molar-refractivity contribution is 0.0883. The fourth-order valence-electron chi connectivity index (χ4n) is 2.09. The Labute approximate surface area is 109 Å². The van der Waals surface area contributed by atoms with E-state index in [4.69, 9.17) is 5.73 Å². The van der Waals surface area contributed by atoms with Crippen molar-refractivity contribution in [2.24, 2.45) is 0 Å². The normalized spacial score (nSPS) is 11.6. The van der Waals surface area contributed by atoms with Crippen molar-refractivity contribution in [2.75, 3.05) is 5.73 Å². The molecule has 0 aliphatic carbocycles. The fraction of sp³-hybridized carbons (Fsp3) is 0.692. The molecule has 0 saturated carbocycles. The van der Waals surface area contributed by atoms with E-state index in [0.717, 1.165) is 19.3 Å². The van der Waals surface area contributed by atoms with Gasteiger partial charge in [0.2, 0.25) is 0 Å². The number of carbonyl (C=O) groups excluding carboxylic acids is 1. The molecule has 0 aliphatic rings. The zero-order chi connectivity index (χ0) is 13.8. The molecule has 18 heavy (non-hydrogen) atoms. The summed E-state index contributed by atoms with van der Waals surface area (Å²) in [5, 5.41) is 7.27. The summed E-state index contributed by atoms with van der Waals surface area (Å²) >= 11 is 0. The molecular weight excluding hydrogens is 228 g/mol. The van der Waals surface area contributed by atoms with Gasteiger partial charge in [0.25, 0.3) is 5.91 Å². The molecule has 5 nitrogen and oxygen atoms in total. The molecule has 0 bridgehead atoms. The van der Waals surface area contributed by atoms with E-state index in [1.54, 1.807) is 10.9 Å². The third-order valence-electron chi connectivity index (χ3n) is 3.74. The van der Waals surface area contributed by atoms with Crippen LogP contribution >= 0.6 is 0 Å². The van der Waals surface area contributed by atoms with Crippen molar-refractivity contribution in [3.8, 4) is 0 Å². The van der Waals surface area contributed by atoms with Crippen LogP contribution in [0.2, 0.25) is 0 Å². The van der Waals surface area contributed by atoms with E-state index < -0.39 is 0 Å². The van der Waals surface area contributed by atoms with Crippen LogP contribution in [0.25, 0.3) is 0 Å². The van der Waals surface area contributed by atoms with E-state index in [1.807, 2.05) is 6.92 Å². The van der Waals surface area contributed by atoms with Crippen molar-refractivity contribution in [3.05, 3.63) is 11.9 Å². The zero-order valence-electron chi connectivity index (χ0n) is 11.8. The standard InChI is InChI=1S/C13H24N4O/c1-5-13(6-2,7-3)15-12(18)11-10(14)9-17(8-4)16-11/h9H,5-8,14H2,1-4H3,(H,15,18). The summed E-state index contributed by atoms with van der Waals surface area (Å²) in [6.07, 6.45) is 4.40. The fourth-order valence-corrected chi connectivity index (χ4v) is 2.09. The van der Waals surface area contributed by atoms with Crippen LogP contribution in [0.5, 0.6) is 0 Å². The number of hydrogen-bond acceptors (Lipinski definition) is 3. The van der Waals surface area contributed by atoms with E-state index in [0.29, 0.717) is 17.9 Å². The maximum atomic E-state index is 12.2. The van der Waals surface area contributed by atoms with Gasteiger partial charge < -0.3 is 11.1 Å². The maximum Gasteiger partial charge on any atom is 0.274 e. The number of hydrogen-bond donors (Lipinski definition) is 2. The summed E-state index contributed by atoms with van der Waals surface area (Å²) in [4.78, 5) is 12.2. The number of nitrogens with zero attached hydrogens (tertiary/aromatic N) is 2. The van der Waals surface area contributed by atoms with Crippen LogP contribution < -0.4 is 11.1 Å². The Morgan fingerprint density at radius 2 is 1.89 bits per heavy atom. The molecule has 1 rings (SSSR count). The molecule has 1 heterocycles. The highest BCUT2D eigenvalue weighted by Crippen LogP contribution is 2.20. The van der Waals surface area contributed by atoms with Crippen LogP contribution in [0.15, 0.2) is 6.20 Å². The molecule has 1 amide bonds. The van der Waals surface area contributed by atoms with E-state index in [1.165, 1.54) is 0 Å². The minimum Gasteiger partial charge on any atom is -0.396 e. The number of aromatic nitrogens is 2. The molecule has 0 atom stereocenters. The first-order chi connectivity index (χ1) is 8.51. The zero-order valence-corrected chi connectivity index (χ0v) is 11.8. The Morgan fingerprint density at radius 1 is 1.33 bits per heavy atom. The van der Waals surface area contributed by atoms with Crippen LogP contribution in [-0.2, 0) is 6.54 Å². The first-order valence-electron chi connectivity index (χ1n) is 6.67. The molecule has 0 radical (unpaired) electrons. The van der Waals surface area contributed by atoms with Crippen LogP contribution in [0.4, 0.5) is 5.69 Å². The van der Waals surface area contributed by atoms with Crippen molar-refractivity contribution in [2.45, 2.75) is 59.0 Å². The van der Waals surface area contributed by atoms with Crippen LogP contribution in [0.3, 0.4) is 0 Å². The maximum absolute atomic E-state index is 12.2. The second-order valence-corrected chi connectivity index (χ2v) is 4.58. The van der Waals surface area contributed by atoms with E-state index in [2.05, 4.69) is 31.2 Å². The van der Waals surface area contributed by atoms with E-state index in [9.17, 15) is 4.79 Å². The Kier molecular flexibility index (Phi) is 4.76.